The zero-order valence-corrected chi connectivity index (χ0v) is 18.4. The summed E-state index contributed by atoms with van der Waals surface area (Å²) >= 11 is 0. The smallest absolute Gasteiger partial charge is 0.261 e. The van der Waals surface area contributed by atoms with Crippen molar-refractivity contribution >= 4 is 11.8 Å². The van der Waals surface area contributed by atoms with Crippen molar-refractivity contribution in [3.63, 3.8) is 0 Å². The molecule has 0 spiro atoms. The molecule has 0 aliphatic rings. The number of carbonyl (C=O) groups excluding carboxylic acids is 2. The lowest BCUT2D eigenvalue weighted by Crippen LogP contribution is -2.51. The highest BCUT2D eigenvalue weighted by molar-refractivity contribution is 5.88. The van der Waals surface area contributed by atoms with E-state index in [1.54, 1.807) is 43.3 Å². The van der Waals surface area contributed by atoms with E-state index in [9.17, 15) is 9.59 Å². The first kappa shape index (κ1) is 22.9. The molecule has 6 heteroatoms. The van der Waals surface area contributed by atoms with Gasteiger partial charge in [0.25, 0.3) is 5.91 Å². The van der Waals surface area contributed by atoms with Crippen LogP contribution in [0.15, 0.2) is 84.9 Å². The minimum atomic E-state index is -0.672. The molecule has 6 nitrogen and oxygen atoms in total. The van der Waals surface area contributed by atoms with E-state index < -0.39 is 6.04 Å². The second kappa shape index (κ2) is 11.6. The lowest BCUT2D eigenvalue weighted by atomic mass is 10.0. The van der Waals surface area contributed by atoms with Gasteiger partial charge in [0.2, 0.25) is 5.91 Å². The summed E-state index contributed by atoms with van der Waals surface area (Å²) in [6, 6.07) is 25.7. The van der Waals surface area contributed by atoms with Crippen molar-refractivity contribution < 1.29 is 19.1 Å². The van der Waals surface area contributed by atoms with Gasteiger partial charge in [-0.3, -0.25) is 9.59 Å². The van der Waals surface area contributed by atoms with Crippen molar-refractivity contribution in [2.75, 3.05) is 20.8 Å². The number of benzene rings is 3. The van der Waals surface area contributed by atoms with Crippen molar-refractivity contribution in [1.29, 1.82) is 0 Å². The largest absolute Gasteiger partial charge is 0.497 e. The highest BCUT2D eigenvalue weighted by atomic mass is 16.5. The molecule has 0 heterocycles. The fourth-order valence-corrected chi connectivity index (χ4v) is 3.40. The van der Waals surface area contributed by atoms with Crippen LogP contribution in [0.1, 0.15) is 11.1 Å². The number of carbonyl (C=O) groups is 2. The highest BCUT2D eigenvalue weighted by Crippen LogP contribution is 2.18. The zero-order chi connectivity index (χ0) is 22.8. The molecule has 1 atom stereocenters. The van der Waals surface area contributed by atoms with Gasteiger partial charge in [-0.05, 0) is 35.4 Å². The second-order valence-electron chi connectivity index (χ2n) is 7.29. The third kappa shape index (κ3) is 6.35. The Morgan fingerprint density at radius 1 is 0.844 bits per heavy atom. The van der Waals surface area contributed by atoms with Gasteiger partial charge in [0.05, 0.1) is 7.11 Å². The lowest BCUT2D eigenvalue weighted by Gasteiger charge is -2.31. The van der Waals surface area contributed by atoms with Crippen LogP contribution >= 0.6 is 0 Å². The van der Waals surface area contributed by atoms with Gasteiger partial charge >= 0.3 is 0 Å². The Bertz CT molecular complexity index is 991. The minimum absolute atomic E-state index is 0.179. The van der Waals surface area contributed by atoms with E-state index in [1.165, 1.54) is 0 Å². The van der Waals surface area contributed by atoms with E-state index in [2.05, 4.69) is 5.32 Å². The number of amides is 2. The molecule has 0 radical (unpaired) electrons. The zero-order valence-electron chi connectivity index (χ0n) is 18.4. The van der Waals surface area contributed by atoms with Crippen LogP contribution in [0.4, 0.5) is 0 Å². The van der Waals surface area contributed by atoms with Crippen molar-refractivity contribution in [2.24, 2.45) is 0 Å². The Hall–Kier alpha value is -3.80. The van der Waals surface area contributed by atoms with Crippen LogP contribution in [0.2, 0.25) is 0 Å². The summed E-state index contributed by atoms with van der Waals surface area (Å²) in [7, 11) is 3.17. The van der Waals surface area contributed by atoms with Crippen LogP contribution in [0.25, 0.3) is 0 Å². The average Bonchev–Trinajstić information content (AvgIpc) is 2.85. The summed E-state index contributed by atoms with van der Waals surface area (Å²) in [6.45, 7) is 0.123. The van der Waals surface area contributed by atoms with E-state index in [-0.39, 0.29) is 18.4 Å². The molecule has 3 rings (SSSR count). The SMILES string of the molecule is CNC(=O)[C@H](Cc1ccccc1)N(Cc1ccccc1)C(=O)COc1ccc(OC)cc1. The van der Waals surface area contributed by atoms with Crippen LogP contribution in [0, 0.1) is 0 Å². The first-order chi connectivity index (χ1) is 15.6. The molecule has 1 N–H and O–H groups in total. The minimum Gasteiger partial charge on any atom is -0.497 e. The van der Waals surface area contributed by atoms with Crippen molar-refractivity contribution in [2.45, 2.75) is 19.0 Å². The Morgan fingerprint density at radius 2 is 1.41 bits per heavy atom. The Morgan fingerprint density at radius 3 is 1.97 bits per heavy atom. The third-order valence-electron chi connectivity index (χ3n) is 5.13. The molecule has 2 amide bonds. The number of rotatable bonds is 10. The molecule has 0 saturated heterocycles. The first-order valence-corrected chi connectivity index (χ1v) is 10.5. The van der Waals surface area contributed by atoms with E-state index in [0.29, 0.717) is 24.5 Å². The summed E-state index contributed by atoms with van der Waals surface area (Å²) in [5, 5.41) is 2.71. The number of methoxy groups -OCH3 is 1. The van der Waals surface area contributed by atoms with Gasteiger partial charge in [-0.1, -0.05) is 60.7 Å². The van der Waals surface area contributed by atoms with Gasteiger partial charge in [-0.15, -0.1) is 0 Å². The normalized spacial score (nSPS) is 11.3. The number of ether oxygens (including phenoxy) is 2. The van der Waals surface area contributed by atoms with E-state index in [0.717, 1.165) is 11.1 Å². The van der Waals surface area contributed by atoms with Crippen LogP contribution < -0.4 is 14.8 Å². The van der Waals surface area contributed by atoms with Gasteiger partial charge in [0.15, 0.2) is 6.61 Å². The number of nitrogens with zero attached hydrogens (tertiary/aromatic N) is 1. The lowest BCUT2D eigenvalue weighted by molar-refractivity contribution is -0.142. The first-order valence-electron chi connectivity index (χ1n) is 10.5. The predicted molar refractivity (Wildman–Crippen MR) is 123 cm³/mol. The fraction of sp³-hybridized carbons (Fsp3) is 0.231. The van der Waals surface area contributed by atoms with Crippen molar-refractivity contribution in [3.8, 4) is 11.5 Å². The van der Waals surface area contributed by atoms with Gasteiger partial charge in [0.1, 0.15) is 17.5 Å². The second-order valence-corrected chi connectivity index (χ2v) is 7.29. The van der Waals surface area contributed by atoms with Crippen LogP contribution in [-0.4, -0.2) is 43.5 Å². The molecule has 3 aromatic carbocycles. The third-order valence-corrected chi connectivity index (χ3v) is 5.13. The molecule has 0 aliphatic heterocycles. The fourth-order valence-electron chi connectivity index (χ4n) is 3.40. The molecule has 0 aliphatic carbocycles. The Balaban J connectivity index is 1.82. The molecule has 0 unspecified atom stereocenters. The van der Waals surface area contributed by atoms with Crippen molar-refractivity contribution in [3.05, 3.63) is 96.1 Å². The molecule has 3 aromatic rings. The summed E-state index contributed by atoms with van der Waals surface area (Å²) < 4.78 is 10.9. The summed E-state index contributed by atoms with van der Waals surface area (Å²) in [5.74, 6) is 0.770. The van der Waals surface area contributed by atoms with Crippen molar-refractivity contribution in [1.82, 2.24) is 10.2 Å². The summed E-state index contributed by atoms with van der Waals surface area (Å²) in [4.78, 5) is 27.7. The molecule has 32 heavy (non-hydrogen) atoms. The molecular weight excluding hydrogens is 404 g/mol. The van der Waals surface area contributed by atoms with E-state index in [4.69, 9.17) is 9.47 Å². The summed E-state index contributed by atoms with van der Waals surface area (Å²) in [5.41, 5.74) is 1.91. The quantitative estimate of drug-likeness (QED) is 0.533. The van der Waals surface area contributed by atoms with Gasteiger partial charge in [0, 0.05) is 20.0 Å². The highest BCUT2D eigenvalue weighted by Gasteiger charge is 2.30. The maximum Gasteiger partial charge on any atom is 0.261 e. The van der Waals surface area contributed by atoms with Crippen LogP contribution in [-0.2, 0) is 22.6 Å². The monoisotopic (exact) mass is 432 g/mol. The molecule has 0 saturated carbocycles. The standard InChI is InChI=1S/C26H28N2O4/c1-27-26(30)24(17-20-9-5-3-6-10-20)28(18-21-11-7-4-8-12-21)25(29)19-32-23-15-13-22(31-2)14-16-23/h3-16,24H,17-19H2,1-2H3,(H,27,30)/t24-/m0/s1. The molecule has 0 bridgehead atoms. The molecular formula is C26H28N2O4. The number of likely N-dealkylation sites (N-methyl/N-ethyl adjacent to an activating group) is 1. The molecule has 0 fully saturated rings. The number of nitrogens with one attached hydrogen (secondary N) is 1. The van der Waals surface area contributed by atoms with E-state index >= 15 is 0 Å². The Labute approximate surface area is 188 Å². The number of hydrogen-bond acceptors (Lipinski definition) is 4. The number of hydrogen-bond donors (Lipinski definition) is 1. The van der Waals surface area contributed by atoms with E-state index in [1.807, 2.05) is 60.7 Å². The van der Waals surface area contributed by atoms with Crippen LogP contribution in [0.5, 0.6) is 11.5 Å². The van der Waals surface area contributed by atoms with Gasteiger partial charge in [-0.25, -0.2) is 0 Å². The molecule has 0 aromatic heterocycles. The summed E-state index contributed by atoms with van der Waals surface area (Å²) in [6.07, 6.45) is 0.404. The average molecular weight is 433 g/mol. The Kier molecular flexibility index (Phi) is 8.26. The maximum absolute atomic E-state index is 13.3. The topological polar surface area (TPSA) is 67.9 Å². The molecule has 166 valence electrons. The van der Waals surface area contributed by atoms with Crippen LogP contribution in [0.3, 0.4) is 0 Å². The van der Waals surface area contributed by atoms with Gasteiger partial charge in [-0.2, -0.15) is 0 Å². The van der Waals surface area contributed by atoms with Gasteiger partial charge < -0.3 is 19.7 Å². The maximum atomic E-state index is 13.3. The predicted octanol–water partition coefficient (Wildman–Crippen LogP) is 3.46.